The summed E-state index contributed by atoms with van der Waals surface area (Å²) in [6, 6.07) is 9.36. The van der Waals surface area contributed by atoms with E-state index in [-0.39, 0.29) is 10.5 Å². The van der Waals surface area contributed by atoms with Gasteiger partial charge in [-0.05, 0) is 49.4 Å². The number of carbonyl (C=O) groups excluding carboxylic acids is 3. The predicted octanol–water partition coefficient (Wildman–Crippen LogP) is 0.959. The Morgan fingerprint density at radius 1 is 1.03 bits per heavy atom. The van der Waals surface area contributed by atoms with Crippen molar-refractivity contribution in [3.8, 4) is 0 Å². The Balaban J connectivity index is 2.07. The van der Waals surface area contributed by atoms with Crippen molar-refractivity contribution in [2.24, 2.45) is 5.73 Å². The summed E-state index contributed by atoms with van der Waals surface area (Å²) in [6.45, 7) is 1.36. The number of urea groups is 1. The van der Waals surface area contributed by atoms with Gasteiger partial charge >= 0.3 is 6.03 Å². The predicted molar refractivity (Wildman–Crippen MR) is 106 cm³/mol. The van der Waals surface area contributed by atoms with E-state index < -0.39 is 33.9 Å². The van der Waals surface area contributed by atoms with Crippen LogP contribution in [0.25, 0.3) is 0 Å². The third-order valence-electron chi connectivity index (χ3n) is 3.55. The molecule has 2 aromatic rings. The summed E-state index contributed by atoms with van der Waals surface area (Å²) < 4.78 is 27.4. The highest BCUT2D eigenvalue weighted by Crippen LogP contribution is 2.19. The Morgan fingerprint density at radius 3 is 2.31 bits per heavy atom. The molecule has 6 N–H and O–H groups in total. The summed E-state index contributed by atoms with van der Waals surface area (Å²) in [4.78, 5) is 34.5. The number of nitrogens with two attached hydrogens (primary N) is 1. The Morgan fingerprint density at radius 2 is 1.69 bits per heavy atom. The lowest BCUT2D eigenvalue weighted by Gasteiger charge is -2.13. The fourth-order valence-corrected chi connectivity index (χ4v) is 3.34. The van der Waals surface area contributed by atoms with E-state index in [4.69, 9.17) is 17.3 Å². The molecule has 0 aliphatic carbocycles. The molecular formula is C17H18ClN5O5S. The molecule has 0 aliphatic heterocycles. The Labute approximate surface area is 171 Å². The van der Waals surface area contributed by atoms with Crippen LogP contribution >= 0.6 is 11.6 Å². The van der Waals surface area contributed by atoms with E-state index in [1.165, 1.54) is 49.4 Å². The molecule has 12 heteroatoms. The molecule has 0 saturated carbocycles. The van der Waals surface area contributed by atoms with Gasteiger partial charge in [0.2, 0.25) is 0 Å². The molecule has 154 valence electrons. The van der Waals surface area contributed by atoms with Crippen molar-refractivity contribution in [2.75, 3.05) is 4.72 Å². The topological polar surface area (TPSA) is 159 Å². The number of amides is 4. The van der Waals surface area contributed by atoms with Crippen molar-refractivity contribution in [3.63, 3.8) is 0 Å². The molecule has 0 heterocycles. The van der Waals surface area contributed by atoms with Gasteiger partial charge in [-0.15, -0.1) is 0 Å². The summed E-state index contributed by atoms with van der Waals surface area (Å²) in [5.41, 5.74) is 9.43. The molecule has 1 unspecified atom stereocenters. The zero-order valence-corrected chi connectivity index (χ0v) is 16.7. The number of benzene rings is 2. The maximum absolute atomic E-state index is 12.5. The van der Waals surface area contributed by atoms with Crippen LogP contribution < -0.4 is 26.6 Å². The van der Waals surface area contributed by atoms with Crippen molar-refractivity contribution in [1.29, 1.82) is 0 Å². The lowest BCUT2D eigenvalue weighted by molar-refractivity contribution is -0.123. The molecule has 0 spiro atoms. The van der Waals surface area contributed by atoms with Crippen molar-refractivity contribution >= 4 is 45.2 Å². The van der Waals surface area contributed by atoms with Gasteiger partial charge in [0.05, 0.1) is 4.90 Å². The smallest absolute Gasteiger partial charge is 0.312 e. The lowest BCUT2D eigenvalue weighted by atomic mass is 10.2. The van der Waals surface area contributed by atoms with E-state index >= 15 is 0 Å². The van der Waals surface area contributed by atoms with Crippen LogP contribution in [0.3, 0.4) is 0 Å². The van der Waals surface area contributed by atoms with Crippen LogP contribution in [0.15, 0.2) is 53.4 Å². The molecule has 29 heavy (non-hydrogen) atoms. The number of primary amides is 1. The molecule has 0 saturated heterocycles. The van der Waals surface area contributed by atoms with Crippen molar-refractivity contribution in [3.05, 3.63) is 59.1 Å². The Bertz CT molecular complexity index is 1030. The number of hydrogen-bond acceptors (Lipinski definition) is 5. The molecular weight excluding hydrogens is 422 g/mol. The number of sulfonamides is 1. The van der Waals surface area contributed by atoms with Crippen LogP contribution in [0, 0.1) is 0 Å². The van der Waals surface area contributed by atoms with E-state index in [2.05, 4.69) is 20.9 Å². The average Bonchev–Trinajstić information content (AvgIpc) is 2.67. The van der Waals surface area contributed by atoms with Crippen LogP contribution in [0.5, 0.6) is 0 Å². The van der Waals surface area contributed by atoms with E-state index in [9.17, 15) is 22.8 Å². The summed E-state index contributed by atoms with van der Waals surface area (Å²) in [5, 5.41) is 2.59. The van der Waals surface area contributed by atoms with E-state index in [1.54, 1.807) is 0 Å². The zero-order chi connectivity index (χ0) is 21.6. The third kappa shape index (κ3) is 6.36. The summed E-state index contributed by atoms with van der Waals surface area (Å²) in [6.07, 6.45) is 0. The molecule has 0 bridgehead atoms. The first-order valence-corrected chi connectivity index (χ1v) is 9.99. The molecule has 4 amide bonds. The molecule has 0 aliphatic rings. The number of anilines is 1. The van der Waals surface area contributed by atoms with Gasteiger partial charge in [0.25, 0.3) is 21.8 Å². The number of carbonyl (C=O) groups is 3. The van der Waals surface area contributed by atoms with Gasteiger partial charge in [0.15, 0.2) is 0 Å². The van der Waals surface area contributed by atoms with Crippen LogP contribution in [0.4, 0.5) is 10.5 Å². The highest BCUT2D eigenvalue weighted by molar-refractivity contribution is 7.92. The van der Waals surface area contributed by atoms with Crippen LogP contribution in [0.1, 0.15) is 17.3 Å². The van der Waals surface area contributed by atoms with Gasteiger partial charge in [-0.25, -0.2) is 13.2 Å². The molecule has 2 rings (SSSR count). The van der Waals surface area contributed by atoms with Gasteiger partial charge < -0.3 is 11.1 Å². The quantitative estimate of drug-likeness (QED) is 0.423. The molecule has 0 aromatic heterocycles. The van der Waals surface area contributed by atoms with Gasteiger partial charge in [-0.1, -0.05) is 17.7 Å². The monoisotopic (exact) mass is 439 g/mol. The molecule has 2 aromatic carbocycles. The van der Waals surface area contributed by atoms with Crippen LogP contribution in [0.2, 0.25) is 5.02 Å². The number of hydrogen-bond donors (Lipinski definition) is 5. The van der Waals surface area contributed by atoms with Crippen LogP contribution in [-0.2, 0) is 14.8 Å². The highest BCUT2D eigenvalue weighted by Gasteiger charge is 2.18. The van der Waals surface area contributed by atoms with Gasteiger partial charge in [-0.2, -0.15) is 0 Å². The van der Waals surface area contributed by atoms with Gasteiger partial charge in [-0.3, -0.25) is 25.2 Å². The van der Waals surface area contributed by atoms with Gasteiger partial charge in [0, 0.05) is 16.3 Å². The lowest BCUT2D eigenvalue weighted by Crippen LogP contribution is -2.52. The molecule has 1 atom stereocenters. The maximum atomic E-state index is 12.5. The van der Waals surface area contributed by atoms with Crippen molar-refractivity contribution < 1.29 is 22.8 Å². The minimum absolute atomic E-state index is 0.0141. The fourth-order valence-electron chi connectivity index (χ4n) is 2.11. The number of hydrazine groups is 1. The summed E-state index contributed by atoms with van der Waals surface area (Å²) in [5.74, 6) is -1.47. The molecule has 0 fully saturated rings. The first kappa shape index (κ1) is 22.0. The van der Waals surface area contributed by atoms with Crippen LogP contribution in [-0.4, -0.2) is 32.3 Å². The number of nitrogens with one attached hydrogen (secondary N) is 4. The standard InChI is InChI=1S/C17H18ClN5O5S/c1-10(20-17(19)26)15(24)21-22-16(25)11-3-2-4-14(9-11)29(27,28)23-13-7-5-12(18)6-8-13/h2-10,23H,1H3,(H,21,24)(H,22,25)(H3,19,20,26). The maximum Gasteiger partial charge on any atom is 0.312 e. The first-order valence-electron chi connectivity index (χ1n) is 8.13. The SMILES string of the molecule is CC(NC(N)=O)C(=O)NNC(=O)c1cccc(S(=O)(=O)Nc2ccc(Cl)cc2)c1. The highest BCUT2D eigenvalue weighted by atomic mass is 35.5. The van der Waals surface area contributed by atoms with Crippen molar-refractivity contribution in [2.45, 2.75) is 17.9 Å². The molecule has 10 nitrogen and oxygen atoms in total. The summed E-state index contributed by atoms with van der Waals surface area (Å²) in [7, 11) is -3.96. The Kier molecular flexibility index (Phi) is 7.02. The average molecular weight is 440 g/mol. The second-order valence-corrected chi connectivity index (χ2v) is 7.93. The minimum Gasteiger partial charge on any atom is -0.352 e. The van der Waals surface area contributed by atoms with E-state index in [1.807, 2.05) is 0 Å². The van der Waals surface area contributed by atoms with E-state index in [0.717, 1.165) is 6.07 Å². The third-order valence-corrected chi connectivity index (χ3v) is 5.19. The second-order valence-electron chi connectivity index (χ2n) is 5.81. The van der Waals surface area contributed by atoms with Gasteiger partial charge in [0.1, 0.15) is 6.04 Å². The fraction of sp³-hybridized carbons (Fsp3) is 0.118. The largest absolute Gasteiger partial charge is 0.352 e. The van der Waals surface area contributed by atoms with Crippen molar-refractivity contribution in [1.82, 2.24) is 16.2 Å². The number of rotatable bonds is 6. The Hall–Kier alpha value is -3.31. The number of halogens is 1. The second kappa shape index (κ2) is 9.26. The normalized spacial score (nSPS) is 11.8. The minimum atomic E-state index is -3.96. The molecule has 0 radical (unpaired) electrons. The first-order chi connectivity index (χ1) is 13.6. The zero-order valence-electron chi connectivity index (χ0n) is 15.1. The summed E-state index contributed by atoms with van der Waals surface area (Å²) >= 11 is 5.77. The van der Waals surface area contributed by atoms with E-state index in [0.29, 0.717) is 10.7 Å².